The molecule has 0 radical (unpaired) electrons. The van der Waals surface area contributed by atoms with Crippen molar-refractivity contribution in [2.75, 3.05) is 5.32 Å². The fourth-order valence-corrected chi connectivity index (χ4v) is 2.04. The maximum absolute atomic E-state index is 10.9. The Bertz CT molecular complexity index is 720. The monoisotopic (exact) mass is 286 g/mol. The van der Waals surface area contributed by atoms with Crippen LogP contribution in [-0.4, -0.2) is 11.1 Å². The van der Waals surface area contributed by atoms with Crippen LogP contribution in [-0.2, 0) is 0 Å². The van der Waals surface area contributed by atoms with Gasteiger partial charge in [0, 0.05) is 5.69 Å². The number of aryl methyl sites for hydroxylation is 1. The largest absolute Gasteiger partial charge is 0.478 e. The van der Waals surface area contributed by atoms with Crippen molar-refractivity contribution < 1.29 is 9.90 Å². The zero-order chi connectivity index (χ0) is 14.7. The van der Waals surface area contributed by atoms with Crippen molar-refractivity contribution in [1.82, 2.24) is 0 Å². The van der Waals surface area contributed by atoms with Crippen LogP contribution in [0.5, 0.6) is 0 Å². The Labute approximate surface area is 121 Å². The van der Waals surface area contributed by atoms with Gasteiger partial charge in [-0.1, -0.05) is 17.7 Å². The number of carboxylic acids is 1. The van der Waals surface area contributed by atoms with Crippen LogP contribution in [0.1, 0.15) is 21.5 Å². The summed E-state index contributed by atoms with van der Waals surface area (Å²) in [5.74, 6) is -1.07. The number of carbonyl (C=O) groups is 1. The van der Waals surface area contributed by atoms with E-state index in [1.54, 1.807) is 18.2 Å². The Morgan fingerprint density at radius 3 is 2.65 bits per heavy atom. The van der Waals surface area contributed by atoms with E-state index in [0.29, 0.717) is 16.9 Å². The standard InChI is InChI=1S/C15H11ClN2O2/c1-9-2-5-14(10(6-9)8-17)18-11-3-4-12(15(19)20)13(16)7-11/h2-7,18H,1H3,(H,19,20). The fourth-order valence-electron chi connectivity index (χ4n) is 1.78. The van der Waals surface area contributed by atoms with Gasteiger partial charge in [-0.25, -0.2) is 4.79 Å². The van der Waals surface area contributed by atoms with E-state index < -0.39 is 5.97 Å². The molecule has 0 fully saturated rings. The molecule has 2 N–H and O–H groups in total. The highest BCUT2D eigenvalue weighted by Crippen LogP contribution is 2.26. The molecule has 2 aromatic carbocycles. The first kappa shape index (κ1) is 13.9. The molecular weight excluding hydrogens is 276 g/mol. The van der Waals surface area contributed by atoms with Crippen molar-refractivity contribution in [2.24, 2.45) is 0 Å². The first-order chi connectivity index (χ1) is 9.51. The van der Waals surface area contributed by atoms with Crippen molar-refractivity contribution in [3.63, 3.8) is 0 Å². The summed E-state index contributed by atoms with van der Waals surface area (Å²) < 4.78 is 0. The molecule has 0 aliphatic carbocycles. The van der Waals surface area contributed by atoms with E-state index in [-0.39, 0.29) is 10.6 Å². The normalized spacial score (nSPS) is 9.85. The lowest BCUT2D eigenvalue weighted by molar-refractivity contribution is 0.0697. The van der Waals surface area contributed by atoms with Crippen LogP contribution < -0.4 is 5.32 Å². The van der Waals surface area contributed by atoms with Gasteiger partial charge >= 0.3 is 5.97 Å². The Morgan fingerprint density at radius 1 is 1.30 bits per heavy atom. The maximum Gasteiger partial charge on any atom is 0.337 e. The second kappa shape index (κ2) is 5.64. The van der Waals surface area contributed by atoms with Gasteiger partial charge in [-0.05, 0) is 42.8 Å². The summed E-state index contributed by atoms with van der Waals surface area (Å²) in [6, 6.07) is 12.1. The topological polar surface area (TPSA) is 73.1 Å². The number of hydrogen-bond donors (Lipinski definition) is 2. The van der Waals surface area contributed by atoms with Gasteiger partial charge in [-0.3, -0.25) is 0 Å². The smallest absolute Gasteiger partial charge is 0.337 e. The second-order valence-electron chi connectivity index (χ2n) is 4.29. The van der Waals surface area contributed by atoms with E-state index in [4.69, 9.17) is 22.0 Å². The third kappa shape index (κ3) is 2.90. The van der Waals surface area contributed by atoms with Crippen molar-refractivity contribution in [3.05, 3.63) is 58.1 Å². The number of nitriles is 1. The van der Waals surface area contributed by atoms with Crippen LogP contribution in [0.4, 0.5) is 11.4 Å². The third-order valence-corrected chi connectivity index (χ3v) is 3.09. The zero-order valence-electron chi connectivity index (χ0n) is 10.6. The van der Waals surface area contributed by atoms with E-state index >= 15 is 0 Å². The first-order valence-electron chi connectivity index (χ1n) is 5.82. The lowest BCUT2D eigenvalue weighted by Crippen LogP contribution is -1.99. The Balaban J connectivity index is 2.34. The van der Waals surface area contributed by atoms with E-state index in [1.807, 2.05) is 13.0 Å². The third-order valence-electron chi connectivity index (χ3n) is 2.77. The van der Waals surface area contributed by atoms with Gasteiger partial charge < -0.3 is 10.4 Å². The molecule has 0 amide bonds. The minimum absolute atomic E-state index is 0.0432. The highest BCUT2D eigenvalue weighted by molar-refractivity contribution is 6.33. The highest BCUT2D eigenvalue weighted by Gasteiger charge is 2.09. The lowest BCUT2D eigenvalue weighted by atomic mass is 10.1. The highest BCUT2D eigenvalue weighted by atomic mass is 35.5. The number of anilines is 2. The van der Waals surface area contributed by atoms with Crippen LogP contribution in [0.2, 0.25) is 5.02 Å². The lowest BCUT2D eigenvalue weighted by Gasteiger charge is -2.10. The predicted octanol–water partition coefficient (Wildman–Crippen LogP) is 3.96. The number of benzene rings is 2. The molecule has 0 unspecified atom stereocenters. The maximum atomic E-state index is 10.9. The van der Waals surface area contributed by atoms with Crippen molar-refractivity contribution >= 4 is 28.9 Å². The number of aromatic carboxylic acids is 1. The van der Waals surface area contributed by atoms with Gasteiger partial charge in [-0.15, -0.1) is 0 Å². The van der Waals surface area contributed by atoms with Crippen LogP contribution in [0.25, 0.3) is 0 Å². The number of halogens is 1. The predicted molar refractivity (Wildman–Crippen MR) is 77.6 cm³/mol. The van der Waals surface area contributed by atoms with Crippen LogP contribution >= 0.6 is 11.6 Å². The van der Waals surface area contributed by atoms with Crippen LogP contribution in [0.15, 0.2) is 36.4 Å². The summed E-state index contributed by atoms with van der Waals surface area (Å²) in [4.78, 5) is 10.9. The molecule has 0 heterocycles. The Morgan fingerprint density at radius 2 is 2.05 bits per heavy atom. The molecule has 0 atom stereocenters. The molecule has 2 aromatic rings. The quantitative estimate of drug-likeness (QED) is 0.895. The summed E-state index contributed by atoms with van der Waals surface area (Å²) in [6.45, 7) is 1.91. The SMILES string of the molecule is Cc1ccc(Nc2ccc(C(=O)O)c(Cl)c2)c(C#N)c1. The van der Waals surface area contributed by atoms with Gasteiger partial charge in [0.2, 0.25) is 0 Å². The van der Waals surface area contributed by atoms with Gasteiger partial charge in [-0.2, -0.15) is 5.26 Å². The van der Waals surface area contributed by atoms with Gasteiger partial charge in [0.25, 0.3) is 0 Å². The zero-order valence-corrected chi connectivity index (χ0v) is 11.4. The molecule has 2 rings (SSSR count). The molecular formula is C15H11ClN2O2. The average Bonchev–Trinajstić information content (AvgIpc) is 2.40. The van der Waals surface area contributed by atoms with Crippen molar-refractivity contribution in [3.8, 4) is 6.07 Å². The number of nitrogens with zero attached hydrogens (tertiary/aromatic N) is 1. The molecule has 0 spiro atoms. The minimum Gasteiger partial charge on any atom is -0.478 e. The Hall–Kier alpha value is -2.51. The molecule has 5 heteroatoms. The van der Waals surface area contributed by atoms with E-state index in [0.717, 1.165) is 5.56 Å². The van der Waals surface area contributed by atoms with Crippen LogP contribution in [0.3, 0.4) is 0 Å². The Kier molecular flexibility index (Phi) is 3.92. The molecule has 0 saturated carbocycles. The summed E-state index contributed by atoms with van der Waals surface area (Å²) >= 11 is 5.90. The molecule has 0 saturated heterocycles. The molecule has 4 nitrogen and oxygen atoms in total. The first-order valence-corrected chi connectivity index (χ1v) is 6.19. The molecule has 0 aromatic heterocycles. The van der Waals surface area contributed by atoms with E-state index in [9.17, 15) is 4.79 Å². The van der Waals surface area contributed by atoms with Crippen molar-refractivity contribution in [2.45, 2.75) is 6.92 Å². The minimum atomic E-state index is -1.07. The van der Waals surface area contributed by atoms with Gasteiger partial charge in [0.15, 0.2) is 0 Å². The number of carboxylic acid groups (broad SMARTS) is 1. The van der Waals surface area contributed by atoms with Gasteiger partial charge in [0.1, 0.15) is 6.07 Å². The number of rotatable bonds is 3. The fraction of sp³-hybridized carbons (Fsp3) is 0.0667. The van der Waals surface area contributed by atoms with Crippen molar-refractivity contribution in [1.29, 1.82) is 5.26 Å². The number of hydrogen-bond acceptors (Lipinski definition) is 3. The summed E-state index contributed by atoms with van der Waals surface area (Å²) in [5, 5.41) is 21.2. The van der Waals surface area contributed by atoms with E-state index in [2.05, 4.69) is 11.4 Å². The summed E-state index contributed by atoms with van der Waals surface area (Å²) in [7, 11) is 0. The molecule has 0 bridgehead atoms. The van der Waals surface area contributed by atoms with E-state index in [1.165, 1.54) is 12.1 Å². The second-order valence-corrected chi connectivity index (χ2v) is 4.69. The van der Waals surface area contributed by atoms with Gasteiger partial charge in [0.05, 0.1) is 21.8 Å². The molecule has 0 aliphatic heterocycles. The molecule has 0 aliphatic rings. The molecule has 100 valence electrons. The van der Waals surface area contributed by atoms with Crippen LogP contribution in [0, 0.1) is 18.3 Å². The average molecular weight is 287 g/mol. The summed E-state index contributed by atoms with van der Waals surface area (Å²) in [6.07, 6.45) is 0. The number of nitrogens with one attached hydrogen (secondary N) is 1. The molecule has 20 heavy (non-hydrogen) atoms. The summed E-state index contributed by atoms with van der Waals surface area (Å²) in [5.41, 5.74) is 2.83.